The van der Waals surface area contributed by atoms with E-state index in [1.807, 2.05) is 12.1 Å². The van der Waals surface area contributed by atoms with E-state index in [0.717, 1.165) is 11.1 Å². The first-order chi connectivity index (χ1) is 15.4. The van der Waals surface area contributed by atoms with Crippen molar-refractivity contribution in [1.29, 1.82) is 0 Å². The number of carbonyl (C=O) groups excluding carboxylic acids is 1. The number of hydrogen-bond acceptors (Lipinski definition) is 6. The molecule has 0 saturated carbocycles. The first-order valence-electron chi connectivity index (χ1n) is 9.87. The molecule has 10 heteroatoms. The van der Waals surface area contributed by atoms with E-state index in [9.17, 15) is 19.7 Å². The lowest BCUT2D eigenvalue weighted by molar-refractivity contribution is -0.384. The first kappa shape index (κ1) is 20.8. The summed E-state index contributed by atoms with van der Waals surface area (Å²) in [7, 11) is 0. The van der Waals surface area contributed by atoms with Gasteiger partial charge in [-0.3, -0.25) is 24.7 Å². The monoisotopic (exact) mass is 432 g/mol. The maximum atomic E-state index is 12.4. The fraction of sp³-hybridized carbons (Fsp3) is 0.136. The van der Waals surface area contributed by atoms with Gasteiger partial charge in [0.25, 0.3) is 17.2 Å². The van der Waals surface area contributed by atoms with Crippen molar-refractivity contribution in [2.75, 3.05) is 5.73 Å². The summed E-state index contributed by atoms with van der Waals surface area (Å²) in [6, 6.07) is 13.3. The maximum absolute atomic E-state index is 12.4. The van der Waals surface area contributed by atoms with E-state index < -0.39 is 4.92 Å². The number of anilines is 1. The summed E-state index contributed by atoms with van der Waals surface area (Å²) in [6.45, 7) is 0.190. The zero-order chi connectivity index (χ0) is 22.7. The summed E-state index contributed by atoms with van der Waals surface area (Å²) in [5.74, 6) is -0.204. The Balaban J connectivity index is 1.37. The Kier molecular flexibility index (Phi) is 5.67. The van der Waals surface area contributed by atoms with Crippen LogP contribution in [0.4, 0.5) is 11.6 Å². The molecule has 4 rings (SSSR count). The molecule has 0 aliphatic heterocycles. The van der Waals surface area contributed by atoms with Crippen LogP contribution in [0.1, 0.15) is 27.0 Å². The average Bonchev–Trinajstić information content (AvgIpc) is 3.19. The largest absolute Gasteiger partial charge is 0.369 e. The third-order valence-corrected chi connectivity index (χ3v) is 5.12. The first-order valence-corrected chi connectivity index (χ1v) is 9.87. The maximum Gasteiger partial charge on any atom is 0.269 e. The van der Waals surface area contributed by atoms with Crippen molar-refractivity contribution in [1.82, 2.24) is 20.3 Å². The van der Waals surface area contributed by atoms with Crippen molar-refractivity contribution >= 4 is 28.6 Å². The number of benzene rings is 2. The van der Waals surface area contributed by atoms with Gasteiger partial charge < -0.3 is 16.0 Å². The number of carbonyl (C=O) groups is 1. The lowest BCUT2D eigenvalue weighted by Crippen LogP contribution is -2.22. The highest BCUT2D eigenvalue weighted by atomic mass is 16.6. The number of nitro groups is 1. The van der Waals surface area contributed by atoms with Crippen LogP contribution in [0.3, 0.4) is 0 Å². The zero-order valence-corrected chi connectivity index (χ0v) is 16.9. The lowest BCUT2D eigenvalue weighted by atomic mass is 10.0. The molecule has 10 nitrogen and oxygen atoms in total. The fourth-order valence-electron chi connectivity index (χ4n) is 3.48. The fourth-order valence-corrected chi connectivity index (χ4v) is 3.48. The highest BCUT2D eigenvalue weighted by molar-refractivity contribution is 5.94. The molecule has 0 unspecified atom stereocenters. The molecule has 0 spiro atoms. The third kappa shape index (κ3) is 4.48. The highest BCUT2D eigenvalue weighted by Gasteiger charge is 2.11. The number of nitrogens with two attached hydrogens (primary N) is 1. The van der Waals surface area contributed by atoms with Gasteiger partial charge in [0, 0.05) is 30.4 Å². The molecule has 0 aliphatic carbocycles. The van der Waals surface area contributed by atoms with E-state index in [0.29, 0.717) is 35.0 Å². The Morgan fingerprint density at radius 3 is 2.66 bits per heavy atom. The molecular formula is C22H20N6O4. The topological polar surface area (TPSA) is 160 Å². The second-order valence-corrected chi connectivity index (χ2v) is 7.30. The second-order valence-electron chi connectivity index (χ2n) is 7.30. The van der Waals surface area contributed by atoms with E-state index in [-0.39, 0.29) is 29.6 Å². The molecule has 5 N–H and O–H groups in total. The summed E-state index contributed by atoms with van der Waals surface area (Å²) >= 11 is 0. The van der Waals surface area contributed by atoms with E-state index in [1.54, 1.807) is 30.5 Å². The molecule has 0 saturated heterocycles. The van der Waals surface area contributed by atoms with Gasteiger partial charge >= 0.3 is 0 Å². The number of non-ortho nitro benzene ring substituents is 1. The minimum Gasteiger partial charge on any atom is -0.369 e. The molecule has 0 radical (unpaired) electrons. The quantitative estimate of drug-likeness (QED) is 0.259. The van der Waals surface area contributed by atoms with Gasteiger partial charge in [0.15, 0.2) is 0 Å². The van der Waals surface area contributed by atoms with Gasteiger partial charge in [0.1, 0.15) is 5.65 Å². The van der Waals surface area contributed by atoms with Gasteiger partial charge in [-0.2, -0.15) is 4.98 Å². The molecule has 0 bridgehead atoms. The summed E-state index contributed by atoms with van der Waals surface area (Å²) in [5, 5.41) is 14.1. The van der Waals surface area contributed by atoms with Gasteiger partial charge in [-0.15, -0.1) is 0 Å². The number of nitrogen functional groups attached to an aromatic ring is 1. The van der Waals surface area contributed by atoms with Gasteiger partial charge in [-0.05, 0) is 41.7 Å². The minimum absolute atomic E-state index is 0.0162. The van der Waals surface area contributed by atoms with Gasteiger partial charge in [0.05, 0.1) is 10.3 Å². The number of nitro benzene ring substituents is 1. The van der Waals surface area contributed by atoms with Crippen molar-refractivity contribution in [3.05, 3.63) is 97.4 Å². The van der Waals surface area contributed by atoms with Gasteiger partial charge in [0.2, 0.25) is 5.95 Å². The molecule has 0 aliphatic rings. The van der Waals surface area contributed by atoms with Crippen LogP contribution in [-0.2, 0) is 19.4 Å². The Labute approximate surface area is 181 Å². The Hall–Kier alpha value is -4.47. The van der Waals surface area contributed by atoms with Crippen LogP contribution >= 0.6 is 0 Å². The normalized spacial score (nSPS) is 10.9. The number of nitrogens with zero attached hydrogens (tertiary/aromatic N) is 2. The number of fused-ring (bicyclic) bond motifs is 1. The number of aromatic nitrogens is 3. The van der Waals surface area contributed by atoms with E-state index in [2.05, 4.69) is 20.3 Å². The molecule has 0 fully saturated rings. The molecule has 162 valence electrons. The van der Waals surface area contributed by atoms with Gasteiger partial charge in [-0.25, -0.2) is 0 Å². The number of nitrogens with one attached hydrogen (secondary N) is 3. The van der Waals surface area contributed by atoms with Crippen molar-refractivity contribution in [3.63, 3.8) is 0 Å². The number of hydrogen-bond donors (Lipinski definition) is 4. The van der Waals surface area contributed by atoms with Crippen LogP contribution in [0, 0.1) is 10.1 Å². The number of amides is 1. The van der Waals surface area contributed by atoms with E-state index in [4.69, 9.17) is 5.73 Å². The van der Waals surface area contributed by atoms with Crippen molar-refractivity contribution in [3.8, 4) is 0 Å². The van der Waals surface area contributed by atoms with E-state index >= 15 is 0 Å². The number of H-pyrrole nitrogens is 2. The molecule has 4 aromatic rings. The summed E-state index contributed by atoms with van der Waals surface area (Å²) < 4.78 is 0. The third-order valence-electron chi connectivity index (χ3n) is 5.12. The standard InChI is InChI=1S/C22H20N6O4/c23-22-26-19-18(21(30)27-22)16(12-24-19)9-6-13-4-7-15(8-5-13)20(29)25-11-14-2-1-3-17(10-14)28(31)32/h1-5,7-8,10,12H,6,9,11H2,(H,25,29)(H4,23,24,26,27,30). The molecule has 0 atom stereocenters. The van der Waals surface area contributed by atoms with Crippen molar-refractivity contribution in [2.45, 2.75) is 19.4 Å². The predicted molar refractivity (Wildman–Crippen MR) is 119 cm³/mol. The molecule has 2 aromatic heterocycles. The Bertz CT molecular complexity index is 1360. The number of rotatable bonds is 7. The second kappa shape index (κ2) is 8.72. The Morgan fingerprint density at radius 1 is 1.12 bits per heavy atom. The zero-order valence-electron chi connectivity index (χ0n) is 16.9. The molecule has 2 heterocycles. The van der Waals surface area contributed by atoms with Crippen LogP contribution in [0.25, 0.3) is 11.0 Å². The number of aryl methyl sites for hydroxylation is 2. The van der Waals surface area contributed by atoms with Crippen molar-refractivity contribution < 1.29 is 9.72 Å². The van der Waals surface area contributed by atoms with Crippen LogP contribution in [0.2, 0.25) is 0 Å². The Morgan fingerprint density at radius 2 is 1.91 bits per heavy atom. The molecule has 1 amide bonds. The highest BCUT2D eigenvalue weighted by Crippen LogP contribution is 2.16. The summed E-state index contributed by atoms with van der Waals surface area (Å²) in [4.78, 5) is 44.5. The van der Waals surface area contributed by atoms with Crippen molar-refractivity contribution in [2.24, 2.45) is 0 Å². The summed E-state index contributed by atoms with van der Waals surface area (Å²) in [5.41, 5.74) is 8.71. The predicted octanol–water partition coefficient (Wildman–Crippen LogP) is 2.46. The molecule has 32 heavy (non-hydrogen) atoms. The molecule has 2 aromatic carbocycles. The average molecular weight is 432 g/mol. The van der Waals surface area contributed by atoms with Crippen LogP contribution < -0.4 is 16.6 Å². The SMILES string of the molecule is Nc1nc2[nH]cc(CCc3ccc(C(=O)NCc4cccc([N+](=O)[O-])c4)cc3)c2c(=O)[nH]1. The summed E-state index contributed by atoms with van der Waals surface area (Å²) in [6.07, 6.45) is 3.04. The number of aromatic amines is 2. The molecular weight excluding hydrogens is 412 g/mol. The van der Waals surface area contributed by atoms with E-state index in [1.165, 1.54) is 12.1 Å². The van der Waals surface area contributed by atoms with Crippen LogP contribution in [-0.4, -0.2) is 25.8 Å². The van der Waals surface area contributed by atoms with Crippen LogP contribution in [0.5, 0.6) is 0 Å². The van der Waals surface area contributed by atoms with Crippen LogP contribution in [0.15, 0.2) is 59.5 Å². The minimum atomic E-state index is -0.470. The lowest BCUT2D eigenvalue weighted by Gasteiger charge is -2.07. The smallest absolute Gasteiger partial charge is 0.269 e. The van der Waals surface area contributed by atoms with Gasteiger partial charge in [-0.1, -0.05) is 24.3 Å².